The largest absolute Gasteiger partial charge is 0.496 e. The first-order valence-electron chi connectivity index (χ1n) is 18.0. The van der Waals surface area contributed by atoms with Crippen molar-refractivity contribution in [1.29, 1.82) is 0 Å². The second-order valence-electron chi connectivity index (χ2n) is 15.8. The van der Waals surface area contributed by atoms with Crippen LogP contribution in [0, 0.1) is 29.1 Å². The van der Waals surface area contributed by atoms with Crippen LogP contribution in [0.4, 0.5) is 5.69 Å². The number of para-hydroxylation sites is 1. The number of benzene rings is 2. The molecule has 48 heavy (non-hydrogen) atoms. The summed E-state index contributed by atoms with van der Waals surface area (Å²) in [5.74, 6) is 1.83. The molecule has 4 N–H and O–H groups in total. The van der Waals surface area contributed by atoms with Crippen LogP contribution >= 0.6 is 0 Å². The highest BCUT2D eigenvalue weighted by Crippen LogP contribution is 2.61. The van der Waals surface area contributed by atoms with Crippen LogP contribution in [0.5, 0.6) is 5.75 Å². The van der Waals surface area contributed by atoms with E-state index in [1.165, 1.54) is 12.0 Å². The smallest absolute Gasteiger partial charge is 0.240 e. The summed E-state index contributed by atoms with van der Waals surface area (Å²) in [6.45, 7) is 10.4. The Hall–Kier alpha value is -2.69. The third-order valence-electron chi connectivity index (χ3n) is 11.9. The Kier molecular flexibility index (Phi) is 11.5. The van der Waals surface area contributed by atoms with Gasteiger partial charge < -0.3 is 30.7 Å². The van der Waals surface area contributed by atoms with Crippen molar-refractivity contribution >= 4 is 11.6 Å². The van der Waals surface area contributed by atoms with Crippen molar-refractivity contribution in [2.24, 2.45) is 34.8 Å². The minimum absolute atomic E-state index is 0.0967. The molecule has 9 heteroatoms. The van der Waals surface area contributed by atoms with Gasteiger partial charge in [0, 0.05) is 49.4 Å². The van der Waals surface area contributed by atoms with Crippen LogP contribution in [0.3, 0.4) is 0 Å². The lowest BCUT2D eigenvalue weighted by molar-refractivity contribution is -0.175. The second kappa shape index (κ2) is 15.1. The summed E-state index contributed by atoms with van der Waals surface area (Å²) in [6, 6.07) is 12.4. The van der Waals surface area contributed by atoms with Gasteiger partial charge in [0.2, 0.25) is 5.91 Å². The molecule has 4 fully saturated rings. The lowest BCUT2D eigenvalue weighted by Gasteiger charge is -2.62. The van der Waals surface area contributed by atoms with Gasteiger partial charge in [0.25, 0.3) is 0 Å². The number of nitrogens with two attached hydrogens (primary N) is 1. The van der Waals surface area contributed by atoms with E-state index < -0.39 is 24.2 Å². The number of aryl methyl sites for hydroxylation is 1. The Balaban J connectivity index is 1.42. The summed E-state index contributed by atoms with van der Waals surface area (Å²) in [6.07, 6.45) is 4.26. The van der Waals surface area contributed by atoms with Crippen molar-refractivity contribution in [3.05, 3.63) is 47.5 Å². The molecule has 9 nitrogen and oxygen atoms in total. The first-order chi connectivity index (χ1) is 22.8. The number of nitrogens with one attached hydrogen (secondary N) is 1. The highest BCUT2D eigenvalue weighted by molar-refractivity contribution is 5.83. The normalized spacial score (nSPS) is 28.6. The predicted molar refractivity (Wildman–Crippen MR) is 194 cm³/mol. The zero-order valence-corrected chi connectivity index (χ0v) is 30.8. The van der Waals surface area contributed by atoms with Gasteiger partial charge in [-0.3, -0.25) is 9.63 Å². The van der Waals surface area contributed by atoms with Crippen molar-refractivity contribution in [2.45, 2.75) is 90.6 Å². The number of rotatable bonds is 14. The average Bonchev–Trinajstić information content (AvgIpc) is 3.42. The summed E-state index contributed by atoms with van der Waals surface area (Å²) < 4.78 is 6.13. The Labute approximate surface area is 289 Å². The van der Waals surface area contributed by atoms with Gasteiger partial charge in [-0.2, -0.15) is 5.06 Å². The van der Waals surface area contributed by atoms with Crippen molar-refractivity contribution in [2.75, 3.05) is 53.3 Å². The number of aliphatic hydroxyl groups excluding tert-OH is 1. The van der Waals surface area contributed by atoms with Gasteiger partial charge in [0.15, 0.2) is 0 Å². The molecule has 1 saturated heterocycles. The van der Waals surface area contributed by atoms with Crippen LogP contribution in [0.15, 0.2) is 36.4 Å². The number of ether oxygens (including phenoxy) is 1. The highest BCUT2D eigenvalue weighted by Gasteiger charge is 2.57. The Morgan fingerprint density at radius 1 is 1.17 bits per heavy atom. The van der Waals surface area contributed by atoms with Gasteiger partial charge in [-0.25, -0.2) is 0 Å². The molecule has 3 aliphatic carbocycles. The molecule has 0 radical (unpaired) electrons. The molecule has 1 aliphatic heterocycles. The Morgan fingerprint density at radius 3 is 2.52 bits per heavy atom. The quantitative estimate of drug-likeness (QED) is 0.245. The van der Waals surface area contributed by atoms with E-state index in [2.05, 4.69) is 88.3 Å². The number of unbranched alkanes of at least 4 members (excludes halogenated alkanes) is 1. The van der Waals surface area contributed by atoms with Crippen LogP contribution in [0.25, 0.3) is 11.1 Å². The number of hydrogen-bond acceptors (Lipinski definition) is 8. The number of nitrogens with zero attached hydrogens (tertiary/aromatic N) is 3. The number of hydroxylamine groups is 2. The standard InChI is InChI=1S/C39H61N5O4/c1-24-32-20-29(39(32,3)4)21-33(24)41-38(46)36-35(25(2)45)34(22-40)48-44(36)23-27-14-12-15-31(37(27)47-9)28-17-26(13-10-11-16-42(5)6)18-30(19-28)43(7)8/h12,14-15,17-19,24-25,29,32-36,45H,10-11,13,16,20-23,40H2,1-9H3,(H,41,46)/t24-,25?,29+,32-,33-,34-,35-,36-/m0/s1. The van der Waals surface area contributed by atoms with E-state index in [-0.39, 0.29) is 18.5 Å². The molecule has 0 aromatic heterocycles. The Bertz CT molecular complexity index is 1410. The molecule has 1 heterocycles. The van der Waals surface area contributed by atoms with Crippen LogP contribution in [0.2, 0.25) is 0 Å². The summed E-state index contributed by atoms with van der Waals surface area (Å²) in [5, 5.41) is 16.1. The van der Waals surface area contributed by atoms with Gasteiger partial charge in [0.1, 0.15) is 11.8 Å². The number of methoxy groups -OCH3 is 1. The van der Waals surface area contributed by atoms with Gasteiger partial charge in [-0.15, -0.1) is 0 Å². The van der Waals surface area contributed by atoms with Gasteiger partial charge in [-0.05, 0) is 106 Å². The number of amides is 1. The summed E-state index contributed by atoms with van der Waals surface area (Å²) in [5.41, 5.74) is 11.9. The summed E-state index contributed by atoms with van der Waals surface area (Å²) >= 11 is 0. The predicted octanol–water partition coefficient (Wildman–Crippen LogP) is 4.94. The van der Waals surface area contributed by atoms with Crippen molar-refractivity contribution in [3.8, 4) is 16.9 Å². The molecule has 2 aromatic rings. The van der Waals surface area contributed by atoms with Crippen molar-refractivity contribution < 1.29 is 19.5 Å². The van der Waals surface area contributed by atoms with E-state index in [1.807, 2.05) is 12.1 Å². The third kappa shape index (κ3) is 7.41. The van der Waals surface area contributed by atoms with E-state index in [0.717, 1.165) is 60.4 Å². The first-order valence-corrected chi connectivity index (χ1v) is 18.0. The topological polar surface area (TPSA) is 104 Å². The maximum atomic E-state index is 14.2. The molecule has 2 aromatic carbocycles. The molecule has 0 spiro atoms. The number of carbonyl (C=O) groups is 1. The fraction of sp³-hybridized carbons (Fsp3) is 0.667. The van der Waals surface area contributed by atoms with E-state index in [4.69, 9.17) is 15.3 Å². The molecule has 1 amide bonds. The SMILES string of the molecule is COc1c(CN2O[C@@H](CN)[C@H](C(C)O)[C@H]2C(=O)N[C@H]2C[C@H]3C[C@@H]([C@@H]2C)C3(C)C)cccc1-c1cc(CCCCN(C)C)cc(N(C)C)c1. The summed E-state index contributed by atoms with van der Waals surface area (Å²) in [4.78, 5) is 25.0. The Morgan fingerprint density at radius 2 is 1.92 bits per heavy atom. The minimum atomic E-state index is -0.770. The first kappa shape index (κ1) is 36.6. The van der Waals surface area contributed by atoms with Crippen LogP contribution < -0.4 is 20.7 Å². The molecule has 4 aliphatic rings. The number of carbonyl (C=O) groups excluding carboxylic acids is 1. The van der Waals surface area contributed by atoms with E-state index in [1.54, 1.807) is 19.1 Å². The number of anilines is 1. The number of fused-ring (bicyclic) bond motifs is 2. The number of aliphatic hydroxyl groups is 1. The second-order valence-corrected chi connectivity index (χ2v) is 15.8. The minimum Gasteiger partial charge on any atom is -0.496 e. The summed E-state index contributed by atoms with van der Waals surface area (Å²) in [7, 11) is 10.1. The van der Waals surface area contributed by atoms with Crippen molar-refractivity contribution in [1.82, 2.24) is 15.3 Å². The zero-order chi connectivity index (χ0) is 34.9. The molecule has 266 valence electrons. The van der Waals surface area contributed by atoms with Crippen molar-refractivity contribution in [3.63, 3.8) is 0 Å². The van der Waals surface area contributed by atoms with Crippen LogP contribution in [-0.4, -0.2) is 93.7 Å². The molecule has 1 unspecified atom stereocenters. The fourth-order valence-corrected chi connectivity index (χ4v) is 8.86. The lowest BCUT2D eigenvalue weighted by atomic mass is 9.45. The van der Waals surface area contributed by atoms with E-state index in [9.17, 15) is 9.90 Å². The maximum Gasteiger partial charge on any atom is 0.240 e. The third-order valence-corrected chi connectivity index (χ3v) is 11.9. The molecule has 8 atom stereocenters. The molecular weight excluding hydrogens is 602 g/mol. The zero-order valence-electron chi connectivity index (χ0n) is 30.8. The van der Waals surface area contributed by atoms with E-state index >= 15 is 0 Å². The monoisotopic (exact) mass is 663 g/mol. The lowest BCUT2D eigenvalue weighted by Crippen LogP contribution is -2.62. The van der Waals surface area contributed by atoms with Crippen LogP contribution in [0.1, 0.15) is 64.5 Å². The van der Waals surface area contributed by atoms with Crippen LogP contribution in [-0.2, 0) is 22.6 Å². The van der Waals surface area contributed by atoms with E-state index in [0.29, 0.717) is 29.7 Å². The van der Waals surface area contributed by atoms with Gasteiger partial charge in [-0.1, -0.05) is 45.0 Å². The van der Waals surface area contributed by atoms with Gasteiger partial charge >= 0.3 is 0 Å². The molecule has 3 saturated carbocycles. The molecular formula is C39H61N5O4. The molecule has 2 bridgehead atoms. The average molecular weight is 664 g/mol. The van der Waals surface area contributed by atoms with Gasteiger partial charge in [0.05, 0.1) is 25.9 Å². The fourth-order valence-electron chi connectivity index (χ4n) is 8.86. The highest BCUT2D eigenvalue weighted by atomic mass is 16.7. The molecule has 6 rings (SSSR count). The number of hydrogen-bond donors (Lipinski definition) is 3. The maximum absolute atomic E-state index is 14.2.